The molecule has 0 aromatic heterocycles. The van der Waals surface area contributed by atoms with Gasteiger partial charge in [0.05, 0.1) is 19.4 Å². The largest absolute Gasteiger partial charge is 0.468 e. The first-order valence-corrected chi connectivity index (χ1v) is 10.0. The van der Waals surface area contributed by atoms with E-state index in [0.29, 0.717) is 19.4 Å². The number of rotatable bonds is 7. The molecule has 0 aromatic rings. The Kier molecular flexibility index (Phi) is 9.07. The van der Waals surface area contributed by atoms with Crippen molar-refractivity contribution in [2.24, 2.45) is 11.8 Å². The van der Waals surface area contributed by atoms with Gasteiger partial charge in [0.25, 0.3) is 5.91 Å². The first kappa shape index (κ1) is 24.9. The van der Waals surface area contributed by atoms with Crippen molar-refractivity contribution < 1.29 is 28.7 Å². The second kappa shape index (κ2) is 10.6. The van der Waals surface area contributed by atoms with Crippen molar-refractivity contribution in [1.29, 1.82) is 0 Å². The minimum atomic E-state index is -0.814. The molecule has 1 heterocycles. The van der Waals surface area contributed by atoms with Gasteiger partial charge in [-0.25, -0.2) is 5.43 Å². The van der Waals surface area contributed by atoms with Crippen LogP contribution in [0.25, 0.3) is 0 Å². The third-order valence-corrected chi connectivity index (χ3v) is 4.62. The summed E-state index contributed by atoms with van der Waals surface area (Å²) in [6.45, 7) is 11.0. The van der Waals surface area contributed by atoms with Crippen LogP contribution in [-0.4, -0.2) is 60.1 Å². The second-order valence-electron chi connectivity index (χ2n) is 8.71. The molecule has 29 heavy (non-hydrogen) atoms. The summed E-state index contributed by atoms with van der Waals surface area (Å²) < 4.78 is 10.0. The molecule has 0 saturated carbocycles. The smallest absolute Gasteiger partial charge is 0.324 e. The second-order valence-corrected chi connectivity index (χ2v) is 8.71. The third kappa shape index (κ3) is 8.00. The molecule has 0 bridgehead atoms. The maximum atomic E-state index is 12.7. The molecule has 0 spiro atoms. The fraction of sp³-hybridized carbons (Fsp3) is 0.800. The van der Waals surface area contributed by atoms with E-state index < -0.39 is 35.5 Å². The predicted molar refractivity (Wildman–Crippen MR) is 106 cm³/mol. The highest BCUT2D eigenvalue weighted by Crippen LogP contribution is 2.19. The van der Waals surface area contributed by atoms with Crippen LogP contribution in [0.3, 0.4) is 0 Å². The zero-order chi connectivity index (χ0) is 22.4. The van der Waals surface area contributed by atoms with Gasteiger partial charge in [-0.3, -0.25) is 24.2 Å². The van der Waals surface area contributed by atoms with Crippen molar-refractivity contribution in [3.63, 3.8) is 0 Å². The highest BCUT2D eigenvalue weighted by Gasteiger charge is 2.33. The summed E-state index contributed by atoms with van der Waals surface area (Å²) in [4.78, 5) is 49.3. The van der Waals surface area contributed by atoms with Crippen molar-refractivity contribution in [2.45, 2.75) is 78.5 Å². The molecule has 1 fully saturated rings. The normalized spacial score (nSPS) is 19.3. The van der Waals surface area contributed by atoms with E-state index in [4.69, 9.17) is 9.47 Å². The van der Waals surface area contributed by atoms with E-state index in [9.17, 15) is 19.2 Å². The highest BCUT2D eigenvalue weighted by molar-refractivity contribution is 5.90. The van der Waals surface area contributed by atoms with Crippen LogP contribution in [0.5, 0.6) is 0 Å². The molecule has 0 aromatic carbocycles. The molecule has 1 aliphatic heterocycles. The summed E-state index contributed by atoms with van der Waals surface area (Å²) in [5, 5.41) is 4.03. The number of nitrogens with zero attached hydrogens (tertiary/aromatic N) is 1. The van der Waals surface area contributed by atoms with Gasteiger partial charge >= 0.3 is 11.9 Å². The number of carbonyl (C=O) groups excluding carboxylic acids is 4. The van der Waals surface area contributed by atoms with E-state index in [-0.39, 0.29) is 24.2 Å². The lowest BCUT2D eigenvalue weighted by atomic mass is 9.91. The number of hydrogen-bond acceptors (Lipinski definition) is 7. The van der Waals surface area contributed by atoms with Crippen LogP contribution in [0, 0.1) is 11.8 Å². The van der Waals surface area contributed by atoms with Crippen molar-refractivity contribution in [3.05, 3.63) is 0 Å². The number of hydrazine groups is 1. The predicted octanol–water partition coefficient (Wildman–Crippen LogP) is 1.16. The van der Waals surface area contributed by atoms with Crippen LogP contribution in [0.4, 0.5) is 0 Å². The number of ether oxygens (including phenoxy) is 2. The summed E-state index contributed by atoms with van der Waals surface area (Å²) >= 11 is 0. The Balaban J connectivity index is 2.70. The lowest BCUT2D eigenvalue weighted by molar-refractivity contribution is -0.158. The number of nitrogens with one attached hydrogen (secondary N) is 2. The standard InChI is InChI=1S/C20H35N3O6/c1-12(2)14(11-16(24)29-20(4,5)6)17(25)21-13(3)18(26)23-10-8-9-15(22-23)19(27)28-7/h12-15,22H,8-11H2,1-7H3,(H,21,25)/t13-,14-,15-/m0/s1. The molecule has 1 aliphatic rings. The van der Waals surface area contributed by atoms with E-state index in [2.05, 4.69) is 10.7 Å². The molecule has 9 heteroatoms. The van der Waals surface area contributed by atoms with Crippen molar-refractivity contribution in [1.82, 2.24) is 15.8 Å². The monoisotopic (exact) mass is 413 g/mol. The van der Waals surface area contributed by atoms with Crippen molar-refractivity contribution in [3.8, 4) is 0 Å². The molecule has 3 atom stereocenters. The Morgan fingerprint density at radius 2 is 1.79 bits per heavy atom. The molecule has 0 unspecified atom stereocenters. The Bertz CT molecular complexity index is 614. The molecule has 2 N–H and O–H groups in total. The Labute approximate surface area is 172 Å². The molecule has 0 radical (unpaired) electrons. The minimum absolute atomic E-state index is 0.0614. The molecule has 1 rings (SSSR count). The molecule has 0 aliphatic carbocycles. The van der Waals surface area contributed by atoms with Gasteiger partial charge in [0.1, 0.15) is 17.7 Å². The zero-order valence-corrected chi connectivity index (χ0v) is 18.5. The fourth-order valence-corrected chi connectivity index (χ4v) is 3.07. The number of hydrogen-bond donors (Lipinski definition) is 2. The molecular formula is C20H35N3O6. The first-order chi connectivity index (χ1) is 13.4. The van der Waals surface area contributed by atoms with Gasteiger partial charge in [-0.15, -0.1) is 0 Å². The van der Waals surface area contributed by atoms with Gasteiger partial charge in [0.15, 0.2) is 0 Å². The lowest BCUT2D eigenvalue weighted by Gasteiger charge is -2.34. The van der Waals surface area contributed by atoms with Gasteiger partial charge in [-0.1, -0.05) is 13.8 Å². The number of carbonyl (C=O) groups is 4. The number of methoxy groups -OCH3 is 1. The van der Waals surface area contributed by atoms with Crippen LogP contribution < -0.4 is 10.7 Å². The van der Waals surface area contributed by atoms with Crippen molar-refractivity contribution >= 4 is 23.8 Å². The average molecular weight is 414 g/mol. The van der Waals surface area contributed by atoms with Gasteiger partial charge in [0, 0.05) is 6.54 Å². The Morgan fingerprint density at radius 1 is 1.17 bits per heavy atom. The van der Waals surface area contributed by atoms with E-state index >= 15 is 0 Å². The van der Waals surface area contributed by atoms with Crippen LogP contribution in [-0.2, 0) is 28.7 Å². The minimum Gasteiger partial charge on any atom is -0.468 e. The van der Waals surface area contributed by atoms with E-state index in [1.807, 2.05) is 13.8 Å². The van der Waals surface area contributed by atoms with Crippen LogP contribution in [0.2, 0.25) is 0 Å². The maximum absolute atomic E-state index is 12.7. The molecule has 1 saturated heterocycles. The quantitative estimate of drug-likeness (QED) is 0.602. The molecule has 2 amide bonds. The van der Waals surface area contributed by atoms with Crippen LogP contribution >= 0.6 is 0 Å². The van der Waals surface area contributed by atoms with E-state index in [1.165, 1.54) is 12.1 Å². The molecular weight excluding hydrogens is 378 g/mol. The van der Waals surface area contributed by atoms with Gasteiger partial charge in [-0.05, 0) is 46.5 Å². The van der Waals surface area contributed by atoms with Gasteiger partial charge in [-0.2, -0.15) is 0 Å². The van der Waals surface area contributed by atoms with E-state index in [0.717, 1.165) is 0 Å². The number of amides is 2. The summed E-state index contributed by atoms with van der Waals surface area (Å²) in [7, 11) is 1.30. The Morgan fingerprint density at radius 3 is 2.31 bits per heavy atom. The number of esters is 2. The third-order valence-electron chi connectivity index (χ3n) is 4.62. The zero-order valence-electron chi connectivity index (χ0n) is 18.5. The fourth-order valence-electron chi connectivity index (χ4n) is 3.07. The average Bonchev–Trinajstić information content (AvgIpc) is 2.63. The summed E-state index contributed by atoms with van der Waals surface area (Å²) in [6.07, 6.45) is 1.16. The lowest BCUT2D eigenvalue weighted by Crippen LogP contribution is -2.59. The van der Waals surface area contributed by atoms with Gasteiger partial charge < -0.3 is 14.8 Å². The topological polar surface area (TPSA) is 114 Å². The summed E-state index contributed by atoms with van der Waals surface area (Å²) in [5.74, 6) is -2.35. The first-order valence-electron chi connectivity index (χ1n) is 10.0. The van der Waals surface area contributed by atoms with Crippen LogP contribution in [0.1, 0.15) is 60.8 Å². The summed E-state index contributed by atoms with van der Waals surface area (Å²) in [5.41, 5.74) is 2.22. The summed E-state index contributed by atoms with van der Waals surface area (Å²) in [6, 6.07) is -1.40. The maximum Gasteiger partial charge on any atom is 0.324 e. The molecule has 9 nitrogen and oxygen atoms in total. The van der Waals surface area contributed by atoms with Gasteiger partial charge in [0.2, 0.25) is 5.91 Å². The van der Waals surface area contributed by atoms with Crippen LogP contribution in [0.15, 0.2) is 0 Å². The molecule has 166 valence electrons. The Hall–Kier alpha value is -2.16. The van der Waals surface area contributed by atoms with E-state index in [1.54, 1.807) is 27.7 Å². The SMILES string of the molecule is COC(=O)[C@@H]1CCCN(C(=O)[C@H](C)NC(=O)[C@@H](CC(=O)OC(C)(C)C)C(C)C)N1. The highest BCUT2D eigenvalue weighted by atomic mass is 16.6. The van der Waals surface area contributed by atoms with Crippen molar-refractivity contribution in [2.75, 3.05) is 13.7 Å².